The molecule has 2 fully saturated rings. The van der Waals surface area contributed by atoms with Crippen molar-refractivity contribution < 1.29 is 14.4 Å². The van der Waals surface area contributed by atoms with Crippen molar-refractivity contribution in [1.29, 1.82) is 0 Å². The van der Waals surface area contributed by atoms with Crippen molar-refractivity contribution in [3.05, 3.63) is 178 Å². The number of Topliss-reactive ketones (excluding diaryl/α,β-unsaturated/α-hetero) is 1. The number of rotatable bonds is 6. The first-order valence-corrected chi connectivity index (χ1v) is 15.8. The molecule has 1 aliphatic heterocycles. The summed E-state index contributed by atoms with van der Waals surface area (Å²) in [4.78, 5) is 47.2. The molecule has 4 nitrogen and oxygen atoms in total. The first kappa shape index (κ1) is 28.1. The van der Waals surface area contributed by atoms with Crippen molar-refractivity contribution in [3.63, 3.8) is 0 Å². The lowest BCUT2D eigenvalue weighted by Gasteiger charge is -2.39. The average molecular weight is 600 g/mol. The zero-order chi connectivity index (χ0) is 31.6. The quantitative estimate of drug-likeness (QED) is 0.190. The summed E-state index contributed by atoms with van der Waals surface area (Å²) in [5.74, 6) is -2.48. The Morgan fingerprint density at radius 2 is 0.870 bits per heavy atom. The van der Waals surface area contributed by atoms with Gasteiger partial charge in [-0.25, -0.2) is 0 Å². The molecule has 5 aromatic carbocycles. The average Bonchev–Trinajstić information content (AvgIpc) is 3.59. The molecule has 4 heteroatoms. The Morgan fingerprint density at radius 3 is 1.26 bits per heavy atom. The van der Waals surface area contributed by atoms with Crippen LogP contribution in [0.2, 0.25) is 0 Å². The van der Waals surface area contributed by atoms with E-state index in [1.54, 1.807) is 0 Å². The molecule has 46 heavy (non-hydrogen) atoms. The zero-order valence-electron chi connectivity index (χ0n) is 25.8. The van der Waals surface area contributed by atoms with Gasteiger partial charge in [0, 0.05) is 0 Å². The van der Waals surface area contributed by atoms with E-state index in [9.17, 15) is 9.59 Å². The summed E-state index contributed by atoms with van der Waals surface area (Å²) in [7, 11) is 0. The van der Waals surface area contributed by atoms with Gasteiger partial charge in [-0.05, 0) is 52.8 Å². The van der Waals surface area contributed by atoms with E-state index in [4.69, 9.17) is 0 Å². The van der Waals surface area contributed by atoms with Gasteiger partial charge < -0.3 is 0 Å². The molecular formula is C42H33NO3. The monoisotopic (exact) mass is 599 g/mol. The highest BCUT2D eigenvalue weighted by molar-refractivity contribution is 6.35. The number of carbonyl (C=O) groups is 3. The predicted octanol–water partition coefficient (Wildman–Crippen LogP) is 7.49. The molecule has 4 atom stereocenters. The van der Waals surface area contributed by atoms with E-state index in [-0.39, 0.29) is 24.1 Å². The number of ketones is 1. The van der Waals surface area contributed by atoms with E-state index in [2.05, 4.69) is 48.5 Å². The number of benzene rings is 5. The first-order chi connectivity index (χ1) is 22.4. The molecule has 1 saturated heterocycles. The van der Waals surface area contributed by atoms with Crippen LogP contribution in [-0.4, -0.2) is 22.5 Å². The van der Waals surface area contributed by atoms with Crippen LogP contribution in [0.1, 0.15) is 38.9 Å². The summed E-state index contributed by atoms with van der Waals surface area (Å²) in [6.45, 7) is 4.25. The zero-order valence-corrected chi connectivity index (χ0v) is 25.8. The third-order valence-electron chi connectivity index (χ3n) is 10.4. The Morgan fingerprint density at radius 1 is 0.500 bits per heavy atom. The lowest BCUT2D eigenvalue weighted by Crippen LogP contribution is -2.45. The van der Waals surface area contributed by atoms with Crippen LogP contribution < -0.4 is 0 Å². The van der Waals surface area contributed by atoms with Crippen molar-refractivity contribution in [2.75, 3.05) is 0 Å². The molecular weight excluding hydrogens is 566 g/mol. The molecule has 2 amide bonds. The Hall–Kier alpha value is -5.35. The first-order valence-electron chi connectivity index (χ1n) is 15.8. The number of fused-ring (bicyclic) bond motifs is 5. The van der Waals surface area contributed by atoms with Crippen LogP contribution in [0.4, 0.5) is 0 Å². The molecule has 0 N–H and O–H groups in total. The molecule has 224 valence electrons. The lowest BCUT2D eigenvalue weighted by molar-refractivity contribution is -0.143. The minimum Gasteiger partial charge on any atom is -0.297 e. The van der Waals surface area contributed by atoms with Crippen LogP contribution in [0.25, 0.3) is 11.1 Å². The number of hydrogen-bond acceptors (Lipinski definition) is 3. The van der Waals surface area contributed by atoms with Gasteiger partial charge in [0.25, 0.3) is 0 Å². The molecule has 0 radical (unpaired) electrons. The van der Waals surface area contributed by atoms with Crippen LogP contribution >= 0.6 is 0 Å². The fraction of sp³-hybridized carbons (Fsp3) is 0.167. The van der Waals surface area contributed by atoms with Crippen molar-refractivity contribution in [3.8, 4) is 0 Å². The normalized spacial score (nSPS) is 25.0. The van der Waals surface area contributed by atoms with Gasteiger partial charge in [-0.2, -0.15) is 0 Å². The number of aryl methyl sites for hydroxylation is 2. The number of likely N-dealkylation sites (tertiary alicyclic amines) is 1. The number of nitrogens with zero attached hydrogens (tertiary/aromatic N) is 1. The second kappa shape index (κ2) is 10.3. The SMILES string of the molecule is Cc1ccc(C2=C(c3ccc(C)cc3)[C@@]3(c4ccccc4)C(=O)[C@@]2(c2ccccc2)[C@@H]2C(=O)N(Cc4ccccc4)C(=O)[C@H]23)cc1. The summed E-state index contributed by atoms with van der Waals surface area (Å²) in [6.07, 6.45) is 0. The van der Waals surface area contributed by atoms with Crippen molar-refractivity contribution in [2.24, 2.45) is 11.8 Å². The Balaban J connectivity index is 1.52. The van der Waals surface area contributed by atoms with Crippen LogP contribution in [0.5, 0.6) is 0 Å². The topological polar surface area (TPSA) is 54.5 Å². The Labute approximate surface area is 269 Å². The molecule has 3 aliphatic rings. The van der Waals surface area contributed by atoms with E-state index in [0.717, 1.165) is 50.1 Å². The fourth-order valence-corrected chi connectivity index (χ4v) is 8.54. The highest BCUT2D eigenvalue weighted by Gasteiger charge is 2.82. The van der Waals surface area contributed by atoms with Crippen molar-refractivity contribution in [2.45, 2.75) is 31.2 Å². The van der Waals surface area contributed by atoms with E-state index in [1.165, 1.54) is 4.90 Å². The summed E-state index contributed by atoms with van der Waals surface area (Å²) in [5.41, 5.74) is 5.21. The van der Waals surface area contributed by atoms with E-state index in [1.807, 2.05) is 105 Å². The van der Waals surface area contributed by atoms with Gasteiger partial charge in [0.2, 0.25) is 11.8 Å². The minimum atomic E-state index is -1.38. The van der Waals surface area contributed by atoms with Gasteiger partial charge in [-0.15, -0.1) is 0 Å². The van der Waals surface area contributed by atoms with Gasteiger partial charge in [0.15, 0.2) is 5.78 Å². The molecule has 1 heterocycles. The van der Waals surface area contributed by atoms with Crippen LogP contribution in [0.3, 0.4) is 0 Å². The third kappa shape index (κ3) is 3.64. The predicted molar refractivity (Wildman–Crippen MR) is 179 cm³/mol. The smallest absolute Gasteiger partial charge is 0.235 e. The number of amides is 2. The van der Waals surface area contributed by atoms with Crippen LogP contribution in [0.15, 0.2) is 140 Å². The van der Waals surface area contributed by atoms with E-state index >= 15 is 4.79 Å². The highest BCUT2D eigenvalue weighted by atomic mass is 16.2. The van der Waals surface area contributed by atoms with Crippen molar-refractivity contribution >= 4 is 28.7 Å². The van der Waals surface area contributed by atoms with Crippen LogP contribution in [-0.2, 0) is 31.8 Å². The minimum absolute atomic E-state index is 0.0976. The van der Waals surface area contributed by atoms with E-state index in [0.29, 0.717) is 0 Å². The molecule has 2 aliphatic carbocycles. The molecule has 0 aromatic heterocycles. The van der Waals surface area contributed by atoms with Crippen molar-refractivity contribution in [1.82, 2.24) is 4.90 Å². The lowest BCUT2D eigenvalue weighted by atomic mass is 9.59. The van der Waals surface area contributed by atoms with Crippen LogP contribution in [0, 0.1) is 25.7 Å². The number of allylic oxidation sites excluding steroid dienone is 2. The summed E-state index contributed by atoms with van der Waals surface area (Å²) >= 11 is 0. The molecule has 2 bridgehead atoms. The maximum Gasteiger partial charge on any atom is 0.235 e. The molecule has 8 rings (SSSR count). The number of carbonyl (C=O) groups excluding carboxylic acids is 3. The Bertz CT molecular complexity index is 1900. The maximum atomic E-state index is 15.9. The van der Waals surface area contributed by atoms with E-state index < -0.39 is 22.7 Å². The summed E-state index contributed by atoms with van der Waals surface area (Å²) in [5, 5.41) is 0. The number of hydrogen-bond donors (Lipinski definition) is 0. The van der Waals surface area contributed by atoms with Gasteiger partial charge in [-0.1, -0.05) is 151 Å². The Kier molecular flexibility index (Phi) is 6.33. The number of imide groups is 1. The summed E-state index contributed by atoms with van der Waals surface area (Å²) < 4.78 is 0. The fourth-order valence-electron chi connectivity index (χ4n) is 8.54. The largest absolute Gasteiger partial charge is 0.297 e. The third-order valence-corrected chi connectivity index (χ3v) is 10.4. The standard InChI is InChI=1S/C42H33NO3/c1-27-18-22-30(23-19-27)34-35(31-24-20-28(2)21-25-31)42(33-16-10-5-11-17-33)37-36(41(34,40(42)46)32-14-8-4-9-15-32)38(44)43(39(37)45)26-29-12-6-3-7-13-29/h3-25,36-37H,26H2,1-2H3/t36-,37-,41+,42+/m0/s1. The maximum absolute atomic E-state index is 15.9. The highest BCUT2D eigenvalue weighted by Crippen LogP contribution is 2.74. The van der Waals surface area contributed by atoms with Gasteiger partial charge in [-0.3, -0.25) is 19.3 Å². The summed E-state index contributed by atoms with van der Waals surface area (Å²) in [6, 6.07) is 45.5. The molecule has 5 aromatic rings. The second-order valence-corrected chi connectivity index (χ2v) is 12.9. The molecule has 0 unspecified atom stereocenters. The molecule has 0 spiro atoms. The van der Waals surface area contributed by atoms with Gasteiger partial charge >= 0.3 is 0 Å². The molecule has 1 saturated carbocycles. The second-order valence-electron chi connectivity index (χ2n) is 12.9. The van der Waals surface area contributed by atoms with Gasteiger partial charge in [0.05, 0.1) is 29.2 Å². The van der Waals surface area contributed by atoms with Gasteiger partial charge in [0.1, 0.15) is 0 Å².